The van der Waals surface area contributed by atoms with Crippen LogP contribution in [-0.4, -0.2) is 23.5 Å². The number of nitrogens with one attached hydrogen (secondary N) is 1. The molecule has 1 aromatic heterocycles. The second-order valence-electron chi connectivity index (χ2n) is 5.19. The van der Waals surface area contributed by atoms with Crippen molar-refractivity contribution in [3.05, 3.63) is 59.8 Å². The van der Waals surface area contributed by atoms with Crippen molar-refractivity contribution in [1.29, 1.82) is 0 Å². The topological polar surface area (TPSA) is 51.2 Å². The van der Waals surface area contributed by atoms with Gasteiger partial charge >= 0.3 is 0 Å². The summed E-state index contributed by atoms with van der Waals surface area (Å²) in [4.78, 5) is 16.4. The number of aryl methyl sites for hydroxylation is 1. The first kappa shape index (κ1) is 16.0. The molecule has 0 spiro atoms. The van der Waals surface area contributed by atoms with Gasteiger partial charge in [0, 0.05) is 12.2 Å². The quantitative estimate of drug-likeness (QED) is 0.854. The summed E-state index contributed by atoms with van der Waals surface area (Å²) >= 11 is 0. The molecular formula is C18H22N2O2. The minimum Gasteiger partial charge on any atom is -0.477 e. The highest BCUT2D eigenvalue weighted by Gasteiger charge is 2.15. The number of pyridine rings is 1. The Kier molecular flexibility index (Phi) is 5.95. The lowest BCUT2D eigenvalue weighted by atomic mass is 10.1. The van der Waals surface area contributed by atoms with Crippen molar-refractivity contribution in [2.75, 3.05) is 6.61 Å². The van der Waals surface area contributed by atoms with Gasteiger partial charge < -0.3 is 10.1 Å². The third kappa shape index (κ3) is 4.58. The van der Waals surface area contributed by atoms with Crippen LogP contribution in [0.25, 0.3) is 0 Å². The molecule has 1 atom stereocenters. The van der Waals surface area contributed by atoms with Crippen molar-refractivity contribution < 1.29 is 9.53 Å². The summed E-state index contributed by atoms with van der Waals surface area (Å²) in [6.07, 6.45) is 3.45. The van der Waals surface area contributed by atoms with Gasteiger partial charge in [-0.1, -0.05) is 30.3 Å². The highest BCUT2D eigenvalue weighted by Crippen LogP contribution is 2.14. The molecule has 22 heavy (non-hydrogen) atoms. The molecule has 116 valence electrons. The molecule has 4 nitrogen and oxygen atoms in total. The number of carbonyl (C=O) groups is 1. The standard InChI is InChI=1S/C18H22N2O2/c1-3-22-18-16(10-7-13-19-18)17(21)20-14(2)11-12-15-8-5-4-6-9-15/h4-10,13-14H,3,11-12H2,1-2H3,(H,20,21)/t14-/m1/s1. The fraction of sp³-hybridized carbons (Fsp3) is 0.333. The van der Waals surface area contributed by atoms with Crippen LogP contribution in [0.15, 0.2) is 48.7 Å². The monoisotopic (exact) mass is 298 g/mol. The normalized spacial score (nSPS) is 11.7. The van der Waals surface area contributed by atoms with Gasteiger partial charge in [-0.3, -0.25) is 4.79 Å². The van der Waals surface area contributed by atoms with E-state index in [0.29, 0.717) is 18.1 Å². The maximum absolute atomic E-state index is 12.3. The lowest BCUT2D eigenvalue weighted by molar-refractivity contribution is 0.0933. The number of rotatable bonds is 7. The van der Waals surface area contributed by atoms with E-state index in [1.54, 1.807) is 18.3 Å². The van der Waals surface area contributed by atoms with Crippen LogP contribution < -0.4 is 10.1 Å². The number of carbonyl (C=O) groups excluding carboxylic acids is 1. The van der Waals surface area contributed by atoms with Gasteiger partial charge in [0.05, 0.1) is 6.61 Å². The van der Waals surface area contributed by atoms with Gasteiger partial charge in [0.1, 0.15) is 5.56 Å². The molecule has 0 saturated carbocycles. The van der Waals surface area contributed by atoms with E-state index in [0.717, 1.165) is 12.8 Å². The second kappa shape index (κ2) is 8.17. The Morgan fingerprint density at radius 1 is 1.23 bits per heavy atom. The molecule has 0 unspecified atom stereocenters. The highest BCUT2D eigenvalue weighted by molar-refractivity contribution is 5.96. The zero-order chi connectivity index (χ0) is 15.8. The van der Waals surface area contributed by atoms with Crippen molar-refractivity contribution in [3.63, 3.8) is 0 Å². The van der Waals surface area contributed by atoms with Crippen molar-refractivity contribution in [3.8, 4) is 5.88 Å². The van der Waals surface area contributed by atoms with Crippen LogP contribution in [0.4, 0.5) is 0 Å². The molecule has 0 radical (unpaired) electrons. The number of benzene rings is 1. The maximum Gasteiger partial charge on any atom is 0.256 e. The minimum atomic E-state index is -0.142. The summed E-state index contributed by atoms with van der Waals surface area (Å²) in [5.41, 5.74) is 1.76. The first-order valence-corrected chi connectivity index (χ1v) is 7.63. The Bertz CT molecular complexity index is 599. The number of hydrogen-bond acceptors (Lipinski definition) is 3. The maximum atomic E-state index is 12.3. The first-order valence-electron chi connectivity index (χ1n) is 7.63. The molecule has 1 heterocycles. The predicted molar refractivity (Wildman–Crippen MR) is 87.1 cm³/mol. The van der Waals surface area contributed by atoms with E-state index in [9.17, 15) is 4.79 Å². The molecule has 1 aromatic carbocycles. The highest BCUT2D eigenvalue weighted by atomic mass is 16.5. The van der Waals surface area contributed by atoms with E-state index < -0.39 is 0 Å². The third-order valence-corrected chi connectivity index (χ3v) is 3.38. The van der Waals surface area contributed by atoms with Crippen molar-refractivity contribution in [2.24, 2.45) is 0 Å². The molecule has 0 aliphatic rings. The Balaban J connectivity index is 1.91. The molecule has 1 amide bonds. The number of aromatic nitrogens is 1. The smallest absolute Gasteiger partial charge is 0.256 e. The van der Waals surface area contributed by atoms with Crippen LogP contribution >= 0.6 is 0 Å². The van der Waals surface area contributed by atoms with Crippen molar-refractivity contribution >= 4 is 5.91 Å². The van der Waals surface area contributed by atoms with E-state index in [-0.39, 0.29) is 11.9 Å². The average molecular weight is 298 g/mol. The van der Waals surface area contributed by atoms with Gasteiger partial charge in [0.15, 0.2) is 0 Å². The van der Waals surface area contributed by atoms with Crippen LogP contribution in [0.3, 0.4) is 0 Å². The van der Waals surface area contributed by atoms with E-state index in [4.69, 9.17) is 4.74 Å². The summed E-state index contributed by atoms with van der Waals surface area (Å²) in [7, 11) is 0. The molecule has 4 heteroatoms. The molecule has 2 rings (SSSR count). The SMILES string of the molecule is CCOc1ncccc1C(=O)N[C@H](C)CCc1ccccc1. The third-order valence-electron chi connectivity index (χ3n) is 3.38. The van der Waals surface area contributed by atoms with Crippen LogP contribution in [0.5, 0.6) is 5.88 Å². The number of hydrogen-bond donors (Lipinski definition) is 1. The van der Waals surface area contributed by atoms with E-state index in [2.05, 4.69) is 22.4 Å². The molecule has 0 aliphatic heterocycles. The van der Waals surface area contributed by atoms with E-state index in [1.807, 2.05) is 32.0 Å². The van der Waals surface area contributed by atoms with Crippen LogP contribution in [0.1, 0.15) is 36.2 Å². The molecule has 2 aromatic rings. The molecule has 0 aliphatic carbocycles. The lowest BCUT2D eigenvalue weighted by Crippen LogP contribution is -2.33. The Labute approximate surface area is 131 Å². The molecule has 1 N–H and O–H groups in total. The van der Waals surface area contributed by atoms with Gasteiger partial charge in [0.2, 0.25) is 5.88 Å². The first-order chi connectivity index (χ1) is 10.7. The molecular weight excluding hydrogens is 276 g/mol. The van der Waals surface area contributed by atoms with Crippen LogP contribution in [0.2, 0.25) is 0 Å². The van der Waals surface area contributed by atoms with Gasteiger partial charge in [-0.05, 0) is 44.4 Å². The van der Waals surface area contributed by atoms with Gasteiger partial charge in [-0.25, -0.2) is 4.98 Å². The van der Waals surface area contributed by atoms with Gasteiger partial charge in [0.25, 0.3) is 5.91 Å². The number of ether oxygens (including phenoxy) is 1. The zero-order valence-electron chi connectivity index (χ0n) is 13.1. The second-order valence-corrected chi connectivity index (χ2v) is 5.19. The molecule has 0 saturated heterocycles. The number of nitrogens with zero attached hydrogens (tertiary/aromatic N) is 1. The lowest BCUT2D eigenvalue weighted by Gasteiger charge is -2.15. The van der Waals surface area contributed by atoms with E-state index >= 15 is 0 Å². The van der Waals surface area contributed by atoms with Gasteiger partial charge in [-0.2, -0.15) is 0 Å². The van der Waals surface area contributed by atoms with Gasteiger partial charge in [-0.15, -0.1) is 0 Å². The Hall–Kier alpha value is -2.36. The predicted octanol–water partition coefficient (Wildman–Crippen LogP) is 3.23. The van der Waals surface area contributed by atoms with Crippen LogP contribution in [0, 0.1) is 0 Å². The summed E-state index contributed by atoms with van der Waals surface area (Å²) in [6.45, 7) is 4.37. The largest absolute Gasteiger partial charge is 0.477 e. The minimum absolute atomic E-state index is 0.0855. The summed E-state index contributed by atoms with van der Waals surface area (Å²) in [6, 6.07) is 13.8. The Morgan fingerprint density at radius 3 is 2.73 bits per heavy atom. The number of amides is 1. The molecule has 0 bridgehead atoms. The fourth-order valence-electron chi connectivity index (χ4n) is 2.22. The van der Waals surface area contributed by atoms with E-state index in [1.165, 1.54) is 5.56 Å². The van der Waals surface area contributed by atoms with Crippen LogP contribution in [-0.2, 0) is 6.42 Å². The van der Waals surface area contributed by atoms with Crippen molar-refractivity contribution in [1.82, 2.24) is 10.3 Å². The summed E-state index contributed by atoms with van der Waals surface area (Å²) < 4.78 is 5.40. The molecule has 0 fully saturated rings. The summed E-state index contributed by atoms with van der Waals surface area (Å²) in [5.74, 6) is 0.245. The fourth-order valence-corrected chi connectivity index (χ4v) is 2.22. The zero-order valence-corrected chi connectivity index (χ0v) is 13.1. The summed E-state index contributed by atoms with van der Waals surface area (Å²) in [5, 5.41) is 3.01. The average Bonchev–Trinajstić information content (AvgIpc) is 2.55. The van der Waals surface area contributed by atoms with Crippen molar-refractivity contribution in [2.45, 2.75) is 32.7 Å². The Morgan fingerprint density at radius 2 is 2.00 bits per heavy atom.